The van der Waals surface area contributed by atoms with Gasteiger partial charge in [-0.1, -0.05) is 5.21 Å². The molecule has 1 aromatic rings. The molecular formula is C8H13N3O2S. The third-order valence-electron chi connectivity index (χ3n) is 1.65. The number of carboxylic acid groups (broad SMARTS) is 1. The quantitative estimate of drug-likeness (QED) is 0.706. The Bertz CT molecular complexity index is 301. The van der Waals surface area contributed by atoms with Crippen LogP contribution in [0.5, 0.6) is 0 Å². The molecule has 0 unspecified atom stereocenters. The molecule has 0 atom stereocenters. The molecular weight excluding hydrogens is 202 g/mol. The van der Waals surface area contributed by atoms with Crippen LogP contribution in [0, 0.1) is 0 Å². The molecule has 0 saturated heterocycles. The van der Waals surface area contributed by atoms with Gasteiger partial charge in [-0.3, -0.25) is 9.48 Å². The van der Waals surface area contributed by atoms with E-state index in [4.69, 9.17) is 5.11 Å². The lowest BCUT2D eigenvalue weighted by atomic mass is 10.3. The molecule has 1 N–H and O–H groups in total. The van der Waals surface area contributed by atoms with E-state index in [0.29, 0.717) is 5.69 Å². The maximum Gasteiger partial charge on any atom is 0.309 e. The fraction of sp³-hybridized carbons (Fsp3) is 0.625. The van der Waals surface area contributed by atoms with Crippen molar-refractivity contribution in [3.63, 3.8) is 0 Å². The highest BCUT2D eigenvalue weighted by atomic mass is 32.2. The first-order valence-electron chi connectivity index (χ1n) is 4.32. The molecule has 5 nitrogen and oxygen atoms in total. The molecule has 14 heavy (non-hydrogen) atoms. The Hall–Kier alpha value is -1.04. The number of carbonyl (C=O) groups is 1. The highest BCUT2D eigenvalue weighted by Gasteiger charge is 2.04. The Balaban J connectivity index is 2.38. The summed E-state index contributed by atoms with van der Waals surface area (Å²) in [5.41, 5.74) is 0.515. The Kier molecular flexibility index (Phi) is 4.45. The molecule has 0 radical (unpaired) electrons. The Morgan fingerprint density at radius 3 is 3.14 bits per heavy atom. The predicted molar refractivity (Wildman–Crippen MR) is 54.4 cm³/mol. The number of thioether (sulfide) groups is 1. The van der Waals surface area contributed by atoms with Gasteiger partial charge in [-0.05, 0) is 18.4 Å². The molecule has 0 aliphatic rings. The predicted octanol–water partition coefficient (Wildman–Crippen LogP) is 0.658. The molecule has 1 rings (SSSR count). The standard InChI is InChI=1S/C8H13N3O2S/c1-14-4-2-3-11-6-7(9-10-11)5-8(12)13/h6H,2-5H2,1H3,(H,12,13). The van der Waals surface area contributed by atoms with Crippen molar-refractivity contribution in [1.82, 2.24) is 15.0 Å². The van der Waals surface area contributed by atoms with Crippen molar-refractivity contribution in [1.29, 1.82) is 0 Å². The summed E-state index contributed by atoms with van der Waals surface area (Å²) in [4.78, 5) is 10.4. The van der Waals surface area contributed by atoms with Crippen molar-refractivity contribution in [2.75, 3.05) is 12.0 Å². The molecule has 0 fully saturated rings. The van der Waals surface area contributed by atoms with E-state index in [9.17, 15) is 4.79 Å². The molecule has 0 aliphatic heterocycles. The topological polar surface area (TPSA) is 68.0 Å². The zero-order valence-corrected chi connectivity index (χ0v) is 8.83. The summed E-state index contributed by atoms with van der Waals surface area (Å²) in [6.07, 6.45) is 4.71. The van der Waals surface area contributed by atoms with Crippen LogP contribution in [0.3, 0.4) is 0 Å². The summed E-state index contributed by atoms with van der Waals surface area (Å²) in [5, 5.41) is 16.1. The minimum atomic E-state index is -0.874. The van der Waals surface area contributed by atoms with Gasteiger partial charge in [0.25, 0.3) is 0 Å². The average Bonchev–Trinajstić information content (AvgIpc) is 2.52. The van der Waals surface area contributed by atoms with Gasteiger partial charge in [-0.25, -0.2) is 0 Å². The molecule has 0 aliphatic carbocycles. The van der Waals surface area contributed by atoms with Crippen LogP contribution in [0.4, 0.5) is 0 Å². The number of aromatic nitrogens is 3. The lowest BCUT2D eigenvalue weighted by Crippen LogP contribution is -2.00. The van der Waals surface area contributed by atoms with Crippen LogP contribution in [0.2, 0.25) is 0 Å². The summed E-state index contributed by atoms with van der Waals surface area (Å²) in [5.74, 6) is 0.204. The van der Waals surface area contributed by atoms with Gasteiger partial charge in [-0.2, -0.15) is 11.8 Å². The summed E-state index contributed by atoms with van der Waals surface area (Å²) in [7, 11) is 0. The normalized spacial score (nSPS) is 10.4. The van der Waals surface area contributed by atoms with Crippen molar-refractivity contribution in [2.24, 2.45) is 0 Å². The van der Waals surface area contributed by atoms with Crippen LogP contribution in [-0.2, 0) is 17.8 Å². The largest absolute Gasteiger partial charge is 0.481 e. The van der Waals surface area contributed by atoms with Crippen molar-refractivity contribution >= 4 is 17.7 Å². The third kappa shape index (κ3) is 3.78. The second-order valence-corrected chi connectivity index (χ2v) is 3.88. The minimum absolute atomic E-state index is 0.0530. The number of hydrogen-bond donors (Lipinski definition) is 1. The highest BCUT2D eigenvalue weighted by molar-refractivity contribution is 7.98. The second kappa shape index (κ2) is 5.64. The Morgan fingerprint density at radius 1 is 1.71 bits per heavy atom. The first-order chi connectivity index (χ1) is 6.72. The summed E-state index contributed by atoms with van der Waals surface area (Å²) in [6.45, 7) is 0.799. The fourth-order valence-corrected chi connectivity index (χ4v) is 1.47. The van der Waals surface area contributed by atoms with Crippen molar-refractivity contribution in [2.45, 2.75) is 19.4 Å². The monoisotopic (exact) mass is 215 g/mol. The van der Waals surface area contributed by atoms with E-state index < -0.39 is 5.97 Å². The van der Waals surface area contributed by atoms with E-state index in [1.165, 1.54) is 0 Å². The number of carboxylic acids is 1. The van der Waals surface area contributed by atoms with Gasteiger partial charge in [0.2, 0.25) is 0 Å². The first kappa shape index (κ1) is 11.0. The van der Waals surface area contributed by atoms with E-state index in [1.807, 2.05) is 0 Å². The van der Waals surface area contributed by atoms with Crippen molar-refractivity contribution in [3.8, 4) is 0 Å². The lowest BCUT2D eigenvalue weighted by Gasteiger charge is -1.96. The van der Waals surface area contributed by atoms with E-state index in [2.05, 4.69) is 16.6 Å². The van der Waals surface area contributed by atoms with Gasteiger partial charge in [0.1, 0.15) is 0 Å². The number of aliphatic carboxylic acids is 1. The van der Waals surface area contributed by atoms with Crippen molar-refractivity contribution < 1.29 is 9.90 Å². The minimum Gasteiger partial charge on any atom is -0.481 e. The van der Waals surface area contributed by atoms with E-state index in [1.54, 1.807) is 22.6 Å². The molecule has 0 amide bonds. The Labute approximate surface area is 86.5 Å². The van der Waals surface area contributed by atoms with Crippen LogP contribution >= 0.6 is 11.8 Å². The molecule has 1 heterocycles. The van der Waals surface area contributed by atoms with Gasteiger partial charge < -0.3 is 5.11 Å². The number of rotatable bonds is 6. The molecule has 78 valence electrons. The Morgan fingerprint density at radius 2 is 2.50 bits per heavy atom. The van der Waals surface area contributed by atoms with Crippen LogP contribution in [-0.4, -0.2) is 38.1 Å². The van der Waals surface area contributed by atoms with Gasteiger partial charge in [0, 0.05) is 12.7 Å². The second-order valence-electron chi connectivity index (χ2n) is 2.89. The van der Waals surface area contributed by atoms with Gasteiger partial charge in [-0.15, -0.1) is 5.10 Å². The lowest BCUT2D eigenvalue weighted by molar-refractivity contribution is -0.136. The maximum atomic E-state index is 10.4. The molecule has 0 aromatic carbocycles. The van der Waals surface area contributed by atoms with Crippen molar-refractivity contribution in [3.05, 3.63) is 11.9 Å². The number of aryl methyl sites for hydroxylation is 1. The smallest absolute Gasteiger partial charge is 0.309 e. The molecule has 0 bridgehead atoms. The van der Waals surface area contributed by atoms with E-state index in [0.717, 1.165) is 18.7 Å². The van der Waals surface area contributed by atoms with Crippen LogP contribution in [0.25, 0.3) is 0 Å². The third-order valence-corrected chi connectivity index (χ3v) is 2.35. The van der Waals surface area contributed by atoms with Crippen LogP contribution in [0.15, 0.2) is 6.20 Å². The van der Waals surface area contributed by atoms with E-state index in [-0.39, 0.29) is 6.42 Å². The highest BCUT2D eigenvalue weighted by Crippen LogP contribution is 1.99. The summed E-state index contributed by atoms with van der Waals surface area (Å²) >= 11 is 1.78. The summed E-state index contributed by atoms with van der Waals surface area (Å²) in [6, 6.07) is 0. The molecule has 0 spiro atoms. The zero-order chi connectivity index (χ0) is 10.4. The van der Waals surface area contributed by atoms with Gasteiger partial charge >= 0.3 is 5.97 Å². The molecule has 0 saturated carbocycles. The van der Waals surface area contributed by atoms with Gasteiger partial charge in [0.05, 0.1) is 12.1 Å². The molecule has 1 aromatic heterocycles. The molecule has 6 heteroatoms. The van der Waals surface area contributed by atoms with E-state index >= 15 is 0 Å². The SMILES string of the molecule is CSCCCn1cc(CC(=O)O)nn1. The average molecular weight is 215 g/mol. The fourth-order valence-electron chi connectivity index (χ4n) is 1.05. The first-order valence-corrected chi connectivity index (χ1v) is 5.71. The number of hydrogen-bond acceptors (Lipinski definition) is 4. The number of nitrogens with zero attached hydrogens (tertiary/aromatic N) is 3. The summed E-state index contributed by atoms with van der Waals surface area (Å²) < 4.78 is 1.69. The maximum absolute atomic E-state index is 10.4. The van der Waals surface area contributed by atoms with Gasteiger partial charge in [0.15, 0.2) is 0 Å². The zero-order valence-electron chi connectivity index (χ0n) is 8.01. The van der Waals surface area contributed by atoms with Crippen LogP contribution in [0.1, 0.15) is 12.1 Å². The van der Waals surface area contributed by atoms with Crippen LogP contribution < -0.4 is 0 Å².